The van der Waals surface area contributed by atoms with Crippen molar-refractivity contribution in [2.24, 2.45) is 0 Å². The fourth-order valence-corrected chi connectivity index (χ4v) is 3.28. The summed E-state index contributed by atoms with van der Waals surface area (Å²) in [5.41, 5.74) is -2.16. The van der Waals surface area contributed by atoms with Crippen LogP contribution >= 0.6 is 0 Å². The number of ether oxygens (including phenoxy) is 1. The highest BCUT2D eigenvalue weighted by molar-refractivity contribution is 6.05. The molecular formula is C22H26N4O4. The number of amides is 1. The number of pyridine rings is 2. The van der Waals surface area contributed by atoms with Crippen LogP contribution in [0.4, 0.5) is 5.69 Å². The van der Waals surface area contributed by atoms with Gasteiger partial charge in [0.05, 0.1) is 35.8 Å². The van der Waals surface area contributed by atoms with E-state index in [9.17, 15) is 14.7 Å². The zero-order valence-corrected chi connectivity index (χ0v) is 16.4. The average molecular weight is 417 g/mol. The number of aryl methyl sites for hydroxylation is 1. The monoisotopic (exact) mass is 416 g/mol. The van der Waals surface area contributed by atoms with Gasteiger partial charge < -0.3 is 19.7 Å². The third-order valence-corrected chi connectivity index (χ3v) is 4.98. The summed E-state index contributed by atoms with van der Waals surface area (Å²) in [7, 11) is 1.40. The van der Waals surface area contributed by atoms with Gasteiger partial charge in [0.15, 0.2) is 5.75 Å². The summed E-state index contributed by atoms with van der Waals surface area (Å²) in [5, 5.41) is 17.5. The third kappa shape index (κ3) is 4.23. The van der Waals surface area contributed by atoms with Crippen molar-refractivity contribution in [3.8, 4) is 5.75 Å². The van der Waals surface area contributed by atoms with Crippen LogP contribution in [0, 0.1) is 0 Å². The smallest absolute Gasteiger partial charge is 0.263 e. The number of hydrogen-bond donors (Lipinski definition) is 2. The highest BCUT2D eigenvalue weighted by atomic mass is 16.5. The minimum absolute atomic E-state index is 0.00543. The lowest BCUT2D eigenvalue weighted by Crippen LogP contribution is -2.28. The second-order valence-electron chi connectivity index (χ2n) is 7.44. The van der Waals surface area contributed by atoms with Crippen LogP contribution in [0.5, 0.6) is 5.75 Å². The summed E-state index contributed by atoms with van der Waals surface area (Å²) in [6.45, 7) is -6.23. The van der Waals surface area contributed by atoms with Crippen LogP contribution in [-0.2, 0) is 6.42 Å². The number of aromatic nitrogens is 3. The van der Waals surface area contributed by atoms with Gasteiger partial charge in [0.2, 0.25) is 0 Å². The molecule has 1 amide bonds. The van der Waals surface area contributed by atoms with Gasteiger partial charge in [0.1, 0.15) is 5.56 Å². The molecule has 0 radical (unpaired) electrons. The standard InChI is InChI=1S/C22H26N4O4/c1-22(2,29)9-8-14-11-16-12-18(19(30-3)13-26(16)24-14)23-20(27)17-5-4-10-25(21(17)28)15-6-7-15/h4-5,10-13,15,29H,6-9H2,1-3H3,(H,23,27)/i1D3,2D3. The minimum atomic E-state index is -3.12. The van der Waals surface area contributed by atoms with Crippen molar-refractivity contribution in [1.29, 1.82) is 0 Å². The van der Waals surface area contributed by atoms with E-state index in [2.05, 4.69) is 10.4 Å². The molecule has 0 unspecified atom stereocenters. The van der Waals surface area contributed by atoms with Crippen LogP contribution in [0.2, 0.25) is 0 Å². The Morgan fingerprint density at radius 3 is 2.93 bits per heavy atom. The molecule has 0 bridgehead atoms. The van der Waals surface area contributed by atoms with E-state index in [1.165, 1.54) is 23.9 Å². The Kier molecular flexibility index (Phi) is 3.54. The summed E-state index contributed by atoms with van der Waals surface area (Å²) in [6.07, 6.45) is 4.26. The van der Waals surface area contributed by atoms with Crippen molar-refractivity contribution in [3.05, 3.63) is 58.3 Å². The van der Waals surface area contributed by atoms with Crippen molar-refractivity contribution < 1.29 is 22.9 Å². The molecule has 8 nitrogen and oxygen atoms in total. The Labute approximate surface area is 182 Å². The van der Waals surface area contributed by atoms with E-state index in [0.717, 1.165) is 12.8 Å². The van der Waals surface area contributed by atoms with Gasteiger partial charge in [-0.1, -0.05) is 0 Å². The van der Waals surface area contributed by atoms with Crippen LogP contribution in [0.15, 0.2) is 41.5 Å². The number of nitrogens with one attached hydrogen (secondary N) is 1. The number of methoxy groups -OCH3 is 1. The summed E-state index contributed by atoms with van der Waals surface area (Å²) >= 11 is 0. The minimum Gasteiger partial charge on any atom is -0.493 e. The summed E-state index contributed by atoms with van der Waals surface area (Å²) in [6, 6.07) is 6.37. The predicted octanol–water partition coefficient (Wildman–Crippen LogP) is 2.80. The number of rotatable bonds is 7. The maximum Gasteiger partial charge on any atom is 0.263 e. The third-order valence-electron chi connectivity index (χ3n) is 4.98. The largest absolute Gasteiger partial charge is 0.493 e. The maximum absolute atomic E-state index is 12.9. The van der Waals surface area contributed by atoms with E-state index in [1.807, 2.05) is 0 Å². The molecule has 3 heterocycles. The van der Waals surface area contributed by atoms with Crippen molar-refractivity contribution in [3.63, 3.8) is 0 Å². The number of aliphatic hydroxyl groups is 1. The van der Waals surface area contributed by atoms with Crippen LogP contribution in [-0.4, -0.2) is 37.9 Å². The van der Waals surface area contributed by atoms with E-state index in [4.69, 9.17) is 13.0 Å². The van der Waals surface area contributed by atoms with E-state index >= 15 is 0 Å². The second kappa shape index (κ2) is 7.60. The maximum atomic E-state index is 12.9. The molecular weight excluding hydrogens is 384 g/mol. The number of fused-ring (bicyclic) bond motifs is 1. The Morgan fingerprint density at radius 1 is 1.43 bits per heavy atom. The molecule has 0 aliphatic heterocycles. The molecule has 0 saturated heterocycles. The zero-order valence-electron chi connectivity index (χ0n) is 22.4. The van der Waals surface area contributed by atoms with Crippen molar-refractivity contribution in [2.75, 3.05) is 12.4 Å². The average Bonchev–Trinajstić information content (AvgIpc) is 3.55. The van der Waals surface area contributed by atoms with E-state index < -0.39 is 31.6 Å². The molecule has 8 heteroatoms. The first-order chi connectivity index (χ1) is 16.7. The SMILES string of the molecule is [2H]C([2H])([2H])C(O)(CCc1cc2cc(NC(=O)c3cccn(C4CC4)c3=O)c(OC)cn2n1)C([2H])([2H])[2H]. The van der Waals surface area contributed by atoms with E-state index in [1.54, 1.807) is 29.0 Å². The Hall–Kier alpha value is -3.13. The molecule has 1 aliphatic rings. The van der Waals surface area contributed by atoms with Gasteiger partial charge in [-0.15, -0.1) is 0 Å². The molecule has 0 spiro atoms. The van der Waals surface area contributed by atoms with Crippen LogP contribution < -0.4 is 15.6 Å². The fraction of sp³-hybridized carbons (Fsp3) is 0.409. The first-order valence-electron chi connectivity index (χ1n) is 12.6. The Bertz CT molecular complexity index is 1340. The summed E-state index contributed by atoms with van der Waals surface area (Å²) in [5.74, 6) is -0.344. The molecule has 3 aromatic heterocycles. The van der Waals surface area contributed by atoms with Gasteiger partial charge in [0, 0.05) is 20.5 Å². The van der Waals surface area contributed by atoms with Crippen molar-refractivity contribution >= 4 is 17.1 Å². The van der Waals surface area contributed by atoms with Crippen molar-refractivity contribution in [1.82, 2.24) is 14.2 Å². The van der Waals surface area contributed by atoms with E-state index in [0.29, 0.717) is 11.2 Å². The summed E-state index contributed by atoms with van der Waals surface area (Å²) < 4.78 is 53.4. The van der Waals surface area contributed by atoms with Gasteiger partial charge >= 0.3 is 0 Å². The highest BCUT2D eigenvalue weighted by Crippen LogP contribution is 2.33. The van der Waals surface area contributed by atoms with E-state index in [-0.39, 0.29) is 35.0 Å². The quantitative estimate of drug-likeness (QED) is 0.617. The lowest BCUT2D eigenvalue weighted by molar-refractivity contribution is 0.0711. The molecule has 3 aromatic rings. The number of hydrogen-bond acceptors (Lipinski definition) is 5. The number of carbonyl (C=O) groups excluding carboxylic acids is 1. The fourth-order valence-electron chi connectivity index (χ4n) is 3.28. The first-order valence-corrected chi connectivity index (χ1v) is 9.56. The molecule has 1 aliphatic carbocycles. The van der Waals surface area contributed by atoms with Gasteiger partial charge in [-0.05, 0) is 63.7 Å². The topological polar surface area (TPSA) is 97.9 Å². The number of anilines is 1. The first kappa shape index (κ1) is 14.0. The second-order valence-corrected chi connectivity index (χ2v) is 7.44. The lowest BCUT2D eigenvalue weighted by Gasteiger charge is -2.15. The zero-order chi connectivity index (χ0) is 26.5. The van der Waals surface area contributed by atoms with Gasteiger partial charge in [0.25, 0.3) is 11.5 Å². The number of nitrogens with zero attached hydrogens (tertiary/aromatic N) is 3. The molecule has 1 saturated carbocycles. The molecule has 0 aromatic carbocycles. The normalized spacial score (nSPS) is 17.9. The van der Waals surface area contributed by atoms with Crippen LogP contribution in [0.1, 0.15) is 63.3 Å². The van der Waals surface area contributed by atoms with Crippen molar-refractivity contribution in [2.45, 2.75) is 51.0 Å². The molecule has 2 N–H and O–H groups in total. The lowest BCUT2D eigenvalue weighted by atomic mass is 10.0. The summed E-state index contributed by atoms with van der Waals surface area (Å²) in [4.78, 5) is 25.6. The van der Waals surface area contributed by atoms with Crippen LogP contribution in [0.25, 0.3) is 5.52 Å². The molecule has 158 valence electrons. The van der Waals surface area contributed by atoms with Gasteiger partial charge in [-0.2, -0.15) is 5.10 Å². The Balaban J connectivity index is 1.59. The van der Waals surface area contributed by atoms with Gasteiger partial charge in [-0.3, -0.25) is 9.59 Å². The number of carbonyl (C=O) groups is 1. The molecule has 4 rings (SSSR count). The van der Waals surface area contributed by atoms with Crippen LogP contribution in [0.3, 0.4) is 0 Å². The molecule has 1 fully saturated rings. The highest BCUT2D eigenvalue weighted by Gasteiger charge is 2.26. The Morgan fingerprint density at radius 2 is 2.23 bits per heavy atom. The predicted molar refractivity (Wildman–Crippen MR) is 113 cm³/mol. The van der Waals surface area contributed by atoms with Gasteiger partial charge in [-0.25, -0.2) is 4.52 Å². The molecule has 0 atom stereocenters. The molecule has 30 heavy (non-hydrogen) atoms.